The second-order valence-corrected chi connectivity index (χ2v) is 4.33. The van der Waals surface area contributed by atoms with Crippen molar-refractivity contribution in [2.75, 3.05) is 0 Å². The number of nitrogens with two attached hydrogens (primary N) is 1. The first kappa shape index (κ1) is 12.9. The number of benzene rings is 1. The van der Waals surface area contributed by atoms with Crippen LogP contribution in [-0.4, -0.2) is 10.6 Å². The van der Waals surface area contributed by atoms with Gasteiger partial charge in [-0.1, -0.05) is 0 Å². The molecule has 0 saturated carbocycles. The molecule has 0 saturated heterocycles. The van der Waals surface area contributed by atoms with Crippen molar-refractivity contribution in [2.45, 2.75) is 25.7 Å². The van der Waals surface area contributed by atoms with Gasteiger partial charge in [-0.15, -0.1) is 0 Å². The summed E-state index contributed by atoms with van der Waals surface area (Å²) in [6, 6.07) is 3.10. The lowest BCUT2D eigenvalue weighted by molar-refractivity contribution is -0.139. The molecule has 1 aromatic carbocycles. The molecule has 1 unspecified atom stereocenters. The van der Waals surface area contributed by atoms with Gasteiger partial charge in [0.25, 0.3) is 0 Å². The normalized spacial score (nSPS) is 14.1. The van der Waals surface area contributed by atoms with Crippen molar-refractivity contribution in [3.05, 3.63) is 35.8 Å². The van der Waals surface area contributed by atoms with Crippen LogP contribution in [0, 0.1) is 5.82 Å². The number of rotatable bonds is 2. The van der Waals surface area contributed by atoms with E-state index in [2.05, 4.69) is 0 Å². The number of fused-ring (bicyclic) bond motifs is 1. The summed E-state index contributed by atoms with van der Waals surface area (Å²) in [6.45, 7) is 2.13. The first-order chi connectivity index (χ1) is 8.29. The Morgan fingerprint density at radius 3 is 2.56 bits per heavy atom. The van der Waals surface area contributed by atoms with Crippen LogP contribution >= 0.6 is 0 Å². The minimum atomic E-state index is -4.69. The zero-order chi connectivity index (χ0) is 13.5. The summed E-state index contributed by atoms with van der Waals surface area (Å²) < 4.78 is 52.7. The lowest BCUT2D eigenvalue weighted by Gasteiger charge is -2.11. The Morgan fingerprint density at radius 2 is 2.00 bits per heavy atom. The van der Waals surface area contributed by atoms with E-state index in [1.165, 1.54) is 0 Å². The van der Waals surface area contributed by atoms with Gasteiger partial charge in [0, 0.05) is 29.7 Å². The maximum atomic E-state index is 13.3. The maximum absolute atomic E-state index is 13.3. The topological polar surface area (TPSA) is 30.9 Å². The number of aromatic nitrogens is 1. The fourth-order valence-electron chi connectivity index (χ4n) is 1.90. The highest BCUT2D eigenvalue weighted by Crippen LogP contribution is 2.34. The van der Waals surface area contributed by atoms with E-state index in [0.29, 0.717) is 17.4 Å². The molecule has 0 aliphatic heterocycles. The molecule has 1 heterocycles. The lowest BCUT2D eigenvalue weighted by Crippen LogP contribution is -2.21. The van der Waals surface area contributed by atoms with Crippen LogP contribution in [0.3, 0.4) is 0 Å². The molecule has 1 aromatic heterocycles. The summed E-state index contributed by atoms with van der Waals surface area (Å²) >= 11 is 0. The Labute approximate surface area is 101 Å². The highest BCUT2D eigenvalue weighted by molar-refractivity contribution is 5.81. The molecule has 18 heavy (non-hydrogen) atoms. The van der Waals surface area contributed by atoms with E-state index in [9.17, 15) is 17.6 Å². The van der Waals surface area contributed by atoms with Gasteiger partial charge in [-0.05, 0) is 25.1 Å². The van der Waals surface area contributed by atoms with E-state index in [1.807, 2.05) is 0 Å². The summed E-state index contributed by atoms with van der Waals surface area (Å²) in [4.78, 5) is 0. The molecule has 0 aliphatic carbocycles. The van der Waals surface area contributed by atoms with Crippen molar-refractivity contribution in [1.82, 2.24) is 4.57 Å². The Bertz CT molecular complexity index is 569. The quantitative estimate of drug-likeness (QED) is 0.826. The zero-order valence-corrected chi connectivity index (χ0v) is 9.63. The average Bonchev–Trinajstić information content (AvgIpc) is 2.57. The Kier molecular flexibility index (Phi) is 3.06. The number of hydrogen-bond acceptors (Lipinski definition) is 1. The van der Waals surface area contributed by atoms with Crippen LogP contribution in [-0.2, 0) is 12.7 Å². The molecule has 0 spiro atoms. The fourth-order valence-corrected chi connectivity index (χ4v) is 1.90. The molecular weight excluding hydrogens is 248 g/mol. The van der Waals surface area contributed by atoms with Gasteiger partial charge in [0.15, 0.2) is 0 Å². The second kappa shape index (κ2) is 4.28. The Balaban J connectivity index is 2.59. The molecule has 1 atom stereocenters. The Morgan fingerprint density at radius 1 is 1.33 bits per heavy atom. The molecule has 2 nitrogen and oxygen atoms in total. The van der Waals surface area contributed by atoms with Crippen molar-refractivity contribution in [3.63, 3.8) is 0 Å². The van der Waals surface area contributed by atoms with Crippen LogP contribution in [0.5, 0.6) is 0 Å². The van der Waals surface area contributed by atoms with Crippen LogP contribution in [0.4, 0.5) is 17.6 Å². The second-order valence-electron chi connectivity index (χ2n) is 4.33. The minimum absolute atomic E-state index is 0.194. The van der Waals surface area contributed by atoms with Crippen molar-refractivity contribution < 1.29 is 17.6 Å². The molecule has 0 amide bonds. The van der Waals surface area contributed by atoms with Crippen molar-refractivity contribution >= 4 is 10.9 Å². The van der Waals surface area contributed by atoms with Gasteiger partial charge in [0.05, 0.1) is 5.56 Å². The van der Waals surface area contributed by atoms with E-state index in [-0.39, 0.29) is 6.04 Å². The largest absolute Gasteiger partial charge is 0.419 e. The SMILES string of the molecule is CC(N)Cn1ccc2cc(F)c(C(F)(F)F)cc21. The fraction of sp³-hybridized carbons (Fsp3) is 0.333. The first-order valence-corrected chi connectivity index (χ1v) is 5.40. The zero-order valence-electron chi connectivity index (χ0n) is 9.63. The van der Waals surface area contributed by atoms with E-state index >= 15 is 0 Å². The van der Waals surface area contributed by atoms with Crippen molar-refractivity contribution in [2.24, 2.45) is 5.73 Å². The molecular formula is C12H12F4N2. The van der Waals surface area contributed by atoms with Gasteiger partial charge in [-0.3, -0.25) is 0 Å². The van der Waals surface area contributed by atoms with Gasteiger partial charge in [-0.25, -0.2) is 4.39 Å². The molecule has 6 heteroatoms. The van der Waals surface area contributed by atoms with E-state index < -0.39 is 17.6 Å². The van der Waals surface area contributed by atoms with Gasteiger partial charge >= 0.3 is 6.18 Å². The summed E-state index contributed by atoms with van der Waals surface area (Å²) in [6.07, 6.45) is -3.09. The van der Waals surface area contributed by atoms with Crippen LogP contribution in [0.2, 0.25) is 0 Å². The van der Waals surface area contributed by atoms with Crippen LogP contribution in [0.1, 0.15) is 12.5 Å². The van der Waals surface area contributed by atoms with E-state index in [4.69, 9.17) is 5.73 Å². The Hall–Kier alpha value is -1.56. The van der Waals surface area contributed by atoms with Gasteiger partial charge in [0.2, 0.25) is 0 Å². The van der Waals surface area contributed by atoms with Crippen molar-refractivity contribution in [1.29, 1.82) is 0 Å². The van der Waals surface area contributed by atoms with E-state index in [1.54, 1.807) is 23.8 Å². The molecule has 2 aromatic rings. The highest BCUT2D eigenvalue weighted by Gasteiger charge is 2.34. The summed E-state index contributed by atoms with van der Waals surface area (Å²) in [5.74, 6) is -1.26. The standard InChI is InChI=1S/C12H12F4N2/c1-7(17)6-18-3-2-8-4-10(13)9(5-11(8)18)12(14,15)16/h2-5,7H,6,17H2,1H3. The molecule has 0 bridgehead atoms. The van der Waals surface area contributed by atoms with Crippen molar-refractivity contribution in [3.8, 4) is 0 Å². The summed E-state index contributed by atoms with van der Waals surface area (Å²) in [7, 11) is 0. The molecule has 98 valence electrons. The third kappa shape index (κ3) is 2.33. The number of hydrogen-bond donors (Lipinski definition) is 1. The average molecular weight is 260 g/mol. The van der Waals surface area contributed by atoms with Gasteiger partial charge in [-0.2, -0.15) is 13.2 Å². The third-order valence-electron chi connectivity index (χ3n) is 2.65. The monoisotopic (exact) mass is 260 g/mol. The molecule has 2 rings (SSSR count). The highest BCUT2D eigenvalue weighted by atomic mass is 19.4. The maximum Gasteiger partial charge on any atom is 0.419 e. The first-order valence-electron chi connectivity index (χ1n) is 5.40. The lowest BCUT2D eigenvalue weighted by atomic mass is 10.1. The van der Waals surface area contributed by atoms with Crippen LogP contribution < -0.4 is 5.73 Å². The van der Waals surface area contributed by atoms with E-state index in [0.717, 1.165) is 12.1 Å². The summed E-state index contributed by atoms with van der Waals surface area (Å²) in [5.41, 5.74) is 4.70. The number of alkyl halides is 3. The molecule has 2 N–H and O–H groups in total. The summed E-state index contributed by atoms with van der Waals surface area (Å²) in [5, 5.41) is 0.432. The predicted molar refractivity (Wildman–Crippen MR) is 60.5 cm³/mol. The molecule has 0 aliphatic rings. The van der Waals surface area contributed by atoms with Crippen LogP contribution in [0.25, 0.3) is 10.9 Å². The number of nitrogens with zero attached hydrogens (tertiary/aromatic N) is 1. The number of halogens is 4. The van der Waals surface area contributed by atoms with Crippen LogP contribution in [0.15, 0.2) is 24.4 Å². The third-order valence-corrected chi connectivity index (χ3v) is 2.65. The molecule has 0 fully saturated rings. The van der Waals surface area contributed by atoms with Gasteiger partial charge < -0.3 is 10.3 Å². The van der Waals surface area contributed by atoms with Gasteiger partial charge in [0.1, 0.15) is 5.82 Å². The minimum Gasteiger partial charge on any atom is -0.346 e. The predicted octanol–water partition coefficient (Wildman–Crippen LogP) is 3.15. The molecule has 0 radical (unpaired) electrons. The smallest absolute Gasteiger partial charge is 0.346 e.